The third kappa shape index (κ3) is 4.92. The first-order valence-electron chi connectivity index (χ1n) is 8.71. The standard InChI is InChI=1S/C19H23FN4O/c20-15-7-8-18(24-12-4-1-5-13-24)17(14-15)23-19(25)22-11-9-16-6-2-3-10-21-16/h2-3,6-8,10,14H,1,4-5,9,11-13H2,(H2,22,23,25). The number of nitrogens with one attached hydrogen (secondary N) is 2. The Morgan fingerprint density at radius 2 is 2.00 bits per heavy atom. The summed E-state index contributed by atoms with van der Waals surface area (Å²) in [5.41, 5.74) is 2.31. The number of urea groups is 1. The van der Waals surface area contributed by atoms with E-state index in [1.807, 2.05) is 18.2 Å². The zero-order valence-electron chi connectivity index (χ0n) is 14.2. The third-order valence-electron chi connectivity index (χ3n) is 4.30. The first-order chi connectivity index (χ1) is 12.2. The van der Waals surface area contributed by atoms with Crippen molar-refractivity contribution in [3.63, 3.8) is 0 Å². The maximum Gasteiger partial charge on any atom is 0.319 e. The minimum Gasteiger partial charge on any atom is -0.370 e. The summed E-state index contributed by atoms with van der Waals surface area (Å²) in [5.74, 6) is -0.357. The molecule has 1 aromatic heterocycles. The van der Waals surface area contributed by atoms with E-state index in [0.717, 1.165) is 37.3 Å². The number of piperidine rings is 1. The van der Waals surface area contributed by atoms with Crippen molar-refractivity contribution in [1.29, 1.82) is 0 Å². The molecule has 5 nitrogen and oxygen atoms in total. The lowest BCUT2D eigenvalue weighted by molar-refractivity contribution is 0.252. The molecule has 0 spiro atoms. The number of anilines is 2. The van der Waals surface area contributed by atoms with Gasteiger partial charge in [0.25, 0.3) is 0 Å². The lowest BCUT2D eigenvalue weighted by Crippen LogP contribution is -2.33. The Morgan fingerprint density at radius 3 is 2.76 bits per heavy atom. The summed E-state index contributed by atoms with van der Waals surface area (Å²) in [6.45, 7) is 2.33. The van der Waals surface area contributed by atoms with Crippen molar-refractivity contribution in [1.82, 2.24) is 10.3 Å². The van der Waals surface area contributed by atoms with Crippen LogP contribution in [0.5, 0.6) is 0 Å². The molecular weight excluding hydrogens is 319 g/mol. The summed E-state index contributed by atoms with van der Waals surface area (Å²) < 4.78 is 13.6. The molecule has 0 atom stereocenters. The molecule has 0 unspecified atom stereocenters. The van der Waals surface area contributed by atoms with E-state index in [2.05, 4.69) is 20.5 Å². The quantitative estimate of drug-likeness (QED) is 0.873. The molecule has 2 N–H and O–H groups in total. The van der Waals surface area contributed by atoms with Crippen molar-refractivity contribution in [3.8, 4) is 0 Å². The summed E-state index contributed by atoms with van der Waals surface area (Å²) >= 11 is 0. The fourth-order valence-corrected chi connectivity index (χ4v) is 3.04. The minimum absolute atomic E-state index is 0.334. The summed E-state index contributed by atoms with van der Waals surface area (Å²) in [7, 11) is 0. The number of benzene rings is 1. The first kappa shape index (κ1) is 17.2. The highest BCUT2D eigenvalue weighted by molar-refractivity contribution is 5.93. The number of carbonyl (C=O) groups excluding carboxylic acids is 1. The van der Waals surface area contributed by atoms with Gasteiger partial charge in [-0.25, -0.2) is 9.18 Å². The maximum absolute atomic E-state index is 13.6. The Labute approximate surface area is 147 Å². The molecule has 25 heavy (non-hydrogen) atoms. The van der Waals surface area contributed by atoms with Gasteiger partial charge in [0.2, 0.25) is 0 Å². The van der Waals surface area contributed by atoms with Gasteiger partial charge in [0, 0.05) is 37.9 Å². The fraction of sp³-hybridized carbons (Fsp3) is 0.368. The van der Waals surface area contributed by atoms with Crippen LogP contribution in [0.3, 0.4) is 0 Å². The van der Waals surface area contributed by atoms with Gasteiger partial charge in [0.1, 0.15) is 5.82 Å². The van der Waals surface area contributed by atoms with Crippen LogP contribution in [-0.2, 0) is 6.42 Å². The number of aromatic nitrogens is 1. The van der Waals surface area contributed by atoms with Gasteiger partial charge in [-0.2, -0.15) is 0 Å². The Bertz CT molecular complexity index is 702. The molecule has 1 saturated heterocycles. The number of hydrogen-bond donors (Lipinski definition) is 2. The van der Waals surface area contributed by atoms with Gasteiger partial charge in [-0.15, -0.1) is 0 Å². The van der Waals surface area contributed by atoms with E-state index in [-0.39, 0.29) is 11.8 Å². The molecule has 2 aromatic rings. The van der Waals surface area contributed by atoms with Crippen LogP contribution in [0, 0.1) is 5.82 Å². The highest BCUT2D eigenvalue weighted by Crippen LogP contribution is 2.29. The fourth-order valence-electron chi connectivity index (χ4n) is 3.04. The van der Waals surface area contributed by atoms with Crippen molar-refractivity contribution < 1.29 is 9.18 Å². The second-order valence-electron chi connectivity index (χ2n) is 6.16. The molecular formula is C19H23FN4O. The van der Waals surface area contributed by atoms with E-state index in [4.69, 9.17) is 0 Å². The lowest BCUT2D eigenvalue weighted by Gasteiger charge is -2.30. The highest BCUT2D eigenvalue weighted by Gasteiger charge is 2.16. The van der Waals surface area contributed by atoms with Gasteiger partial charge < -0.3 is 15.5 Å². The van der Waals surface area contributed by atoms with Gasteiger partial charge >= 0.3 is 6.03 Å². The second kappa shape index (κ2) is 8.46. The first-order valence-corrected chi connectivity index (χ1v) is 8.71. The maximum atomic E-state index is 13.6. The van der Waals surface area contributed by atoms with Crippen LogP contribution in [-0.4, -0.2) is 30.6 Å². The molecule has 132 valence electrons. The van der Waals surface area contributed by atoms with Gasteiger partial charge in [0.05, 0.1) is 11.4 Å². The summed E-state index contributed by atoms with van der Waals surface area (Å²) in [4.78, 5) is 18.6. The average molecular weight is 342 g/mol. The Hall–Kier alpha value is -2.63. The molecule has 0 aliphatic carbocycles. The van der Waals surface area contributed by atoms with Crippen molar-refractivity contribution >= 4 is 17.4 Å². The van der Waals surface area contributed by atoms with E-state index >= 15 is 0 Å². The second-order valence-corrected chi connectivity index (χ2v) is 6.16. The number of pyridine rings is 1. The normalized spacial score (nSPS) is 14.2. The topological polar surface area (TPSA) is 57.3 Å². The SMILES string of the molecule is O=C(NCCc1ccccn1)Nc1cc(F)ccc1N1CCCCC1. The van der Waals surface area contributed by atoms with Crippen LogP contribution >= 0.6 is 0 Å². The van der Waals surface area contributed by atoms with Crippen LogP contribution in [0.4, 0.5) is 20.6 Å². The molecule has 3 rings (SSSR count). The van der Waals surface area contributed by atoms with Crippen molar-refractivity contribution in [2.75, 3.05) is 29.9 Å². The zero-order chi connectivity index (χ0) is 17.5. The molecule has 1 fully saturated rings. The van der Waals surface area contributed by atoms with Crippen molar-refractivity contribution in [2.24, 2.45) is 0 Å². The number of halogens is 1. The zero-order valence-corrected chi connectivity index (χ0v) is 14.2. The molecule has 1 aliphatic heterocycles. The Morgan fingerprint density at radius 1 is 1.16 bits per heavy atom. The molecule has 0 radical (unpaired) electrons. The number of nitrogens with zero attached hydrogens (tertiary/aromatic N) is 2. The molecule has 1 aromatic carbocycles. The lowest BCUT2D eigenvalue weighted by atomic mass is 10.1. The number of carbonyl (C=O) groups is 1. The van der Waals surface area contributed by atoms with E-state index < -0.39 is 0 Å². The third-order valence-corrected chi connectivity index (χ3v) is 4.30. The monoisotopic (exact) mass is 342 g/mol. The Kier molecular flexibility index (Phi) is 5.82. The molecule has 1 aliphatic rings. The number of hydrogen-bond acceptors (Lipinski definition) is 3. The van der Waals surface area contributed by atoms with Crippen molar-refractivity contribution in [3.05, 3.63) is 54.1 Å². The molecule has 2 heterocycles. The summed E-state index contributed by atoms with van der Waals surface area (Å²) in [6.07, 6.45) is 5.83. The van der Waals surface area contributed by atoms with E-state index in [9.17, 15) is 9.18 Å². The van der Waals surface area contributed by atoms with Crippen molar-refractivity contribution in [2.45, 2.75) is 25.7 Å². The molecule has 0 saturated carbocycles. The summed E-state index contributed by atoms with van der Waals surface area (Å²) in [5, 5.41) is 5.58. The molecule has 6 heteroatoms. The summed E-state index contributed by atoms with van der Waals surface area (Å²) in [6, 6.07) is 9.91. The number of amides is 2. The largest absolute Gasteiger partial charge is 0.370 e. The van der Waals surface area contributed by atoms with Gasteiger partial charge in [-0.3, -0.25) is 4.98 Å². The smallest absolute Gasteiger partial charge is 0.319 e. The van der Waals surface area contributed by atoms with E-state index in [1.54, 1.807) is 12.3 Å². The van der Waals surface area contributed by atoms with Crippen LogP contribution < -0.4 is 15.5 Å². The average Bonchev–Trinajstić information content (AvgIpc) is 2.63. The Balaban J connectivity index is 1.59. The van der Waals surface area contributed by atoms with Crippen LogP contribution in [0.1, 0.15) is 25.0 Å². The van der Waals surface area contributed by atoms with Crippen LogP contribution in [0.25, 0.3) is 0 Å². The number of rotatable bonds is 5. The van der Waals surface area contributed by atoms with Gasteiger partial charge in [-0.1, -0.05) is 6.07 Å². The van der Waals surface area contributed by atoms with Gasteiger partial charge in [-0.05, 0) is 49.6 Å². The molecule has 2 amide bonds. The molecule has 0 bridgehead atoms. The predicted molar refractivity (Wildman–Crippen MR) is 97.4 cm³/mol. The van der Waals surface area contributed by atoms with Crippen LogP contribution in [0.2, 0.25) is 0 Å². The van der Waals surface area contributed by atoms with E-state index in [0.29, 0.717) is 18.7 Å². The minimum atomic E-state index is -0.357. The predicted octanol–water partition coefficient (Wildman–Crippen LogP) is 3.58. The highest BCUT2D eigenvalue weighted by atomic mass is 19.1. The van der Waals surface area contributed by atoms with E-state index in [1.165, 1.54) is 18.6 Å². The van der Waals surface area contributed by atoms with Crippen LogP contribution in [0.15, 0.2) is 42.6 Å². The van der Waals surface area contributed by atoms with Gasteiger partial charge in [0.15, 0.2) is 0 Å².